The van der Waals surface area contributed by atoms with Gasteiger partial charge in [-0.05, 0) is 54.7 Å². The van der Waals surface area contributed by atoms with Crippen LogP contribution in [0.15, 0.2) is 64.6 Å². The Morgan fingerprint density at radius 2 is 1.62 bits per heavy atom. The minimum Gasteiger partial charge on any atom is -0.368 e. The molecule has 0 aromatic heterocycles. The van der Waals surface area contributed by atoms with Crippen molar-refractivity contribution in [2.24, 2.45) is 22.7 Å². The fraction of sp³-hybridized carbons (Fsp3) is 0.375. The van der Waals surface area contributed by atoms with E-state index >= 15 is 0 Å². The molecule has 4 rings (SSSR count). The van der Waals surface area contributed by atoms with Crippen LogP contribution in [0.25, 0.3) is 0 Å². The number of amides is 2. The molecule has 34 heavy (non-hydrogen) atoms. The van der Waals surface area contributed by atoms with Gasteiger partial charge in [0.2, 0.25) is 15.9 Å². The van der Waals surface area contributed by atoms with Gasteiger partial charge in [-0.15, -0.1) is 0 Å². The van der Waals surface area contributed by atoms with E-state index in [1.807, 2.05) is 18.2 Å². The van der Waals surface area contributed by atoms with E-state index in [0.717, 1.165) is 6.42 Å². The van der Waals surface area contributed by atoms with Crippen molar-refractivity contribution in [1.82, 2.24) is 4.31 Å². The maximum atomic E-state index is 13.1. The van der Waals surface area contributed by atoms with E-state index in [2.05, 4.69) is 24.3 Å². The van der Waals surface area contributed by atoms with Gasteiger partial charge < -0.3 is 11.1 Å². The summed E-state index contributed by atoms with van der Waals surface area (Å²) in [7, 11) is -3.60. The monoisotopic (exact) mass is 483 g/mol. The molecule has 1 fully saturated rings. The van der Waals surface area contributed by atoms with Gasteiger partial charge in [-0.1, -0.05) is 32.0 Å². The maximum Gasteiger partial charge on any atom is 0.271 e. The van der Waals surface area contributed by atoms with Gasteiger partial charge in [-0.2, -0.15) is 9.41 Å². The average Bonchev–Trinajstić information content (AvgIpc) is 3.26. The number of piperidine rings is 1. The number of nitrogens with two attached hydrogens (primary N) is 1. The average molecular weight is 484 g/mol. The molecule has 10 heteroatoms. The lowest BCUT2D eigenvalue weighted by Gasteiger charge is -2.34. The van der Waals surface area contributed by atoms with Crippen molar-refractivity contribution >= 4 is 38.9 Å². The Balaban J connectivity index is 1.47. The first-order valence-electron chi connectivity index (χ1n) is 11.3. The quantitative estimate of drug-likeness (QED) is 0.653. The van der Waals surface area contributed by atoms with Gasteiger partial charge in [0, 0.05) is 25.2 Å². The minimum atomic E-state index is -3.60. The molecular weight excluding hydrogens is 454 g/mol. The number of anilines is 2. The molecule has 180 valence electrons. The van der Waals surface area contributed by atoms with Crippen LogP contribution in [0, 0.1) is 11.8 Å². The highest BCUT2D eigenvalue weighted by Crippen LogP contribution is 2.28. The second-order valence-electron chi connectivity index (χ2n) is 9.10. The lowest BCUT2D eigenvalue weighted by molar-refractivity contribution is -0.119. The lowest BCUT2D eigenvalue weighted by Crippen LogP contribution is -2.42. The Labute approximate surface area is 199 Å². The van der Waals surface area contributed by atoms with Crippen molar-refractivity contribution in [2.45, 2.75) is 37.6 Å². The first-order chi connectivity index (χ1) is 16.1. The summed E-state index contributed by atoms with van der Waals surface area (Å²) in [5, 5.41) is 8.51. The largest absolute Gasteiger partial charge is 0.368 e. The van der Waals surface area contributed by atoms with Crippen LogP contribution < -0.4 is 16.1 Å². The van der Waals surface area contributed by atoms with Crippen molar-refractivity contribution in [1.29, 1.82) is 0 Å². The van der Waals surface area contributed by atoms with Crippen LogP contribution in [0.3, 0.4) is 0 Å². The van der Waals surface area contributed by atoms with Crippen LogP contribution in [-0.4, -0.2) is 49.4 Å². The number of carbonyl (C=O) groups is 2. The molecule has 3 atom stereocenters. The third kappa shape index (κ3) is 4.97. The molecule has 3 unspecified atom stereocenters. The number of hydrogen-bond acceptors (Lipinski definition) is 6. The standard InChI is InChI=1S/C24H29N5O4S/c1-16-12-17(2)15-28(14-16)34(32,33)20-10-8-18(9-11-20)26-24(31)21-13-22(23(25)30)29(27-21)19-6-4-3-5-7-19/h3-11,16-17,22H,12-15H2,1-2H3,(H2,25,30)(H,26,31). The summed E-state index contributed by atoms with van der Waals surface area (Å²) in [6, 6.07) is 14.4. The number of benzene rings is 2. The van der Waals surface area contributed by atoms with Gasteiger partial charge in [0.05, 0.1) is 10.6 Å². The molecular formula is C24H29N5O4S. The number of primary amides is 1. The SMILES string of the molecule is CC1CC(C)CN(S(=O)(=O)c2ccc(NC(=O)C3=NN(c4ccccc4)C(C(N)=O)C3)cc2)C1. The van der Waals surface area contributed by atoms with Crippen LogP contribution in [0.5, 0.6) is 0 Å². The van der Waals surface area contributed by atoms with Gasteiger partial charge in [0.15, 0.2) is 0 Å². The van der Waals surface area contributed by atoms with Gasteiger partial charge in [-0.3, -0.25) is 14.6 Å². The number of carbonyl (C=O) groups excluding carboxylic acids is 2. The van der Waals surface area contributed by atoms with E-state index in [4.69, 9.17) is 5.73 Å². The fourth-order valence-electron chi connectivity index (χ4n) is 4.55. The molecule has 2 aliphatic heterocycles. The maximum absolute atomic E-state index is 13.1. The molecule has 9 nitrogen and oxygen atoms in total. The van der Waals surface area contributed by atoms with E-state index in [1.165, 1.54) is 21.4 Å². The van der Waals surface area contributed by atoms with Crippen molar-refractivity contribution in [2.75, 3.05) is 23.4 Å². The Morgan fingerprint density at radius 1 is 1.00 bits per heavy atom. The Kier molecular flexibility index (Phi) is 6.72. The molecule has 0 aliphatic carbocycles. The Morgan fingerprint density at radius 3 is 2.21 bits per heavy atom. The molecule has 0 saturated carbocycles. The summed E-state index contributed by atoms with van der Waals surface area (Å²) >= 11 is 0. The van der Waals surface area contributed by atoms with E-state index in [1.54, 1.807) is 24.3 Å². The van der Waals surface area contributed by atoms with Crippen molar-refractivity contribution in [3.63, 3.8) is 0 Å². The number of hydrogen-bond donors (Lipinski definition) is 2. The van der Waals surface area contributed by atoms with Crippen LogP contribution in [0.1, 0.15) is 26.7 Å². The molecule has 2 aromatic rings. The summed E-state index contributed by atoms with van der Waals surface area (Å²) < 4.78 is 27.7. The zero-order valence-electron chi connectivity index (χ0n) is 19.2. The van der Waals surface area contributed by atoms with E-state index < -0.39 is 27.9 Å². The lowest BCUT2D eigenvalue weighted by atomic mass is 9.94. The Bertz CT molecular complexity index is 1190. The van der Waals surface area contributed by atoms with Crippen LogP contribution in [0.2, 0.25) is 0 Å². The number of nitrogens with zero attached hydrogens (tertiary/aromatic N) is 3. The summed E-state index contributed by atoms with van der Waals surface area (Å²) in [6.07, 6.45) is 1.09. The zero-order valence-corrected chi connectivity index (χ0v) is 20.0. The number of hydrazone groups is 1. The molecule has 0 bridgehead atoms. The molecule has 2 amide bonds. The number of sulfonamides is 1. The van der Waals surface area contributed by atoms with Crippen LogP contribution in [-0.2, 0) is 19.6 Å². The molecule has 0 radical (unpaired) electrons. The van der Waals surface area contributed by atoms with E-state index in [-0.39, 0.29) is 17.0 Å². The topological polar surface area (TPSA) is 125 Å². The van der Waals surface area contributed by atoms with Crippen molar-refractivity contribution in [3.8, 4) is 0 Å². The minimum absolute atomic E-state index is 0.0772. The summed E-state index contributed by atoms with van der Waals surface area (Å²) in [5.74, 6) is -0.432. The van der Waals surface area contributed by atoms with Gasteiger partial charge >= 0.3 is 0 Å². The van der Waals surface area contributed by atoms with Gasteiger partial charge in [-0.25, -0.2) is 8.42 Å². The summed E-state index contributed by atoms with van der Waals surface area (Å²) in [5.41, 5.74) is 6.79. The second kappa shape index (κ2) is 9.55. The van der Waals surface area contributed by atoms with Gasteiger partial charge in [0.25, 0.3) is 5.91 Å². The highest BCUT2D eigenvalue weighted by Gasteiger charge is 2.35. The smallest absolute Gasteiger partial charge is 0.271 e. The van der Waals surface area contributed by atoms with Crippen LogP contribution in [0.4, 0.5) is 11.4 Å². The predicted molar refractivity (Wildman–Crippen MR) is 131 cm³/mol. The molecule has 0 spiro atoms. The van der Waals surface area contributed by atoms with Crippen LogP contribution >= 0.6 is 0 Å². The molecule has 3 N–H and O–H groups in total. The fourth-order valence-corrected chi connectivity index (χ4v) is 6.23. The number of nitrogens with one attached hydrogen (secondary N) is 1. The molecule has 2 aromatic carbocycles. The van der Waals surface area contributed by atoms with E-state index in [9.17, 15) is 18.0 Å². The predicted octanol–water partition coefficient (Wildman–Crippen LogP) is 2.41. The normalized spacial score (nSPS) is 23.4. The molecule has 2 heterocycles. The molecule has 2 aliphatic rings. The Hall–Kier alpha value is -3.24. The zero-order chi connectivity index (χ0) is 24.5. The van der Waals surface area contributed by atoms with Gasteiger partial charge in [0.1, 0.15) is 11.8 Å². The van der Waals surface area contributed by atoms with Crippen molar-refractivity contribution < 1.29 is 18.0 Å². The third-order valence-electron chi connectivity index (χ3n) is 6.11. The second-order valence-corrected chi connectivity index (χ2v) is 11.0. The summed E-state index contributed by atoms with van der Waals surface area (Å²) in [6.45, 7) is 5.13. The highest BCUT2D eigenvalue weighted by atomic mass is 32.2. The number of para-hydroxylation sites is 1. The van der Waals surface area contributed by atoms with Crippen molar-refractivity contribution in [3.05, 3.63) is 54.6 Å². The first-order valence-corrected chi connectivity index (χ1v) is 12.7. The highest BCUT2D eigenvalue weighted by molar-refractivity contribution is 7.89. The summed E-state index contributed by atoms with van der Waals surface area (Å²) in [4.78, 5) is 24.9. The number of rotatable bonds is 6. The molecule has 1 saturated heterocycles. The third-order valence-corrected chi connectivity index (χ3v) is 7.95. The first kappa shape index (κ1) is 23.9. The van der Waals surface area contributed by atoms with E-state index in [0.29, 0.717) is 36.3 Å².